The second kappa shape index (κ2) is 6.59. The van der Waals surface area contributed by atoms with Gasteiger partial charge < -0.3 is 15.7 Å². The van der Waals surface area contributed by atoms with Gasteiger partial charge in [-0.1, -0.05) is 20.3 Å². The molecule has 0 bridgehead atoms. The zero-order valence-electron chi connectivity index (χ0n) is 11.2. The van der Waals surface area contributed by atoms with Crippen LogP contribution in [0.15, 0.2) is 0 Å². The van der Waals surface area contributed by atoms with E-state index in [0.29, 0.717) is 12.8 Å². The Bertz CT molecular complexity index is 277. The monoisotopic (exact) mass is 244 g/mol. The maximum absolute atomic E-state index is 12.2. The van der Waals surface area contributed by atoms with Crippen LogP contribution in [-0.4, -0.2) is 40.0 Å². The average molecular weight is 244 g/mol. The Kier molecular flexibility index (Phi) is 6.16. The number of hydrogen-bond acceptors (Lipinski definition) is 3. The quantitative estimate of drug-likeness (QED) is 0.705. The number of rotatable bonds is 7. The minimum absolute atomic E-state index is 0.113. The molecule has 0 aliphatic heterocycles. The lowest BCUT2D eigenvalue weighted by atomic mass is 9.95. The second-order valence-corrected chi connectivity index (χ2v) is 4.75. The van der Waals surface area contributed by atoms with E-state index in [2.05, 4.69) is 0 Å². The molecule has 0 aliphatic carbocycles. The first kappa shape index (κ1) is 15.9. The first-order chi connectivity index (χ1) is 7.76. The molecule has 17 heavy (non-hydrogen) atoms. The summed E-state index contributed by atoms with van der Waals surface area (Å²) in [6.07, 6.45) is 2.06. The fourth-order valence-corrected chi connectivity index (χ4v) is 1.75. The molecule has 2 atom stereocenters. The highest BCUT2D eigenvalue weighted by atomic mass is 16.4. The summed E-state index contributed by atoms with van der Waals surface area (Å²) in [6.45, 7) is 7.08. The molecule has 5 heteroatoms. The predicted molar refractivity (Wildman–Crippen MR) is 66.6 cm³/mol. The zero-order chi connectivity index (χ0) is 13.6. The van der Waals surface area contributed by atoms with Crippen LogP contribution in [-0.2, 0) is 9.59 Å². The lowest BCUT2D eigenvalue weighted by Gasteiger charge is -2.34. The Morgan fingerprint density at radius 3 is 2.29 bits per heavy atom. The first-order valence-corrected chi connectivity index (χ1v) is 6.08. The number of aliphatic carboxylic acids is 1. The molecule has 3 N–H and O–H groups in total. The molecular weight excluding hydrogens is 220 g/mol. The molecule has 1 amide bonds. The summed E-state index contributed by atoms with van der Waals surface area (Å²) in [5, 5.41) is 8.84. The van der Waals surface area contributed by atoms with Gasteiger partial charge in [0.1, 0.15) is 6.54 Å². The van der Waals surface area contributed by atoms with Crippen LogP contribution in [0.4, 0.5) is 0 Å². The second-order valence-electron chi connectivity index (χ2n) is 4.75. The number of carbonyl (C=O) groups excluding carboxylic acids is 1. The van der Waals surface area contributed by atoms with E-state index in [1.165, 1.54) is 4.90 Å². The molecule has 5 nitrogen and oxygen atoms in total. The van der Waals surface area contributed by atoms with Crippen LogP contribution in [0.2, 0.25) is 0 Å². The van der Waals surface area contributed by atoms with E-state index in [0.717, 1.165) is 6.42 Å². The Labute approximate surface area is 103 Å². The summed E-state index contributed by atoms with van der Waals surface area (Å²) in [6, 6.07) is -0.113. The van der Waals surface area contributed by atoms with E-state index >= 15 is 0 Å². The number of nitrogens with two attached hydrogens (primary N) is 1. The maximum atomic E-state index is 12.2. The molecule has 0 rings (SSSR count). The van der Waals surface area contributed by atoms with Crippen molar-refractivity contribution >= 4 is 11.9 Å². The molecule has 0 saturated heterocycles. The molecule has 0 spiro atoms. The molecule has 2 unspecified atom stereocenters. The van der Waals surface area contributed by atoms with Crippen molar-refractivity contribution < 1.29 is 14.7 Å². The maximum Gasteiger partial charge on any atom is 0.323 e. The molecule has 0 aromatic rings. The Morgan fingerprint density at radius 1 is 1.41 bits per heavy atom. The van der Waals surface area contributed by atoms with Crippen LogP contribution < -0.4 is 5.73 Å². The fraction of sp³-hybridized carbons (Fsp3) is 0.833. The SMILES string of the molecule is CCCC(C)(N)C(=O)N(CC(=O)O)C(C)CC. The van der Waals surface area contributed by atoms with Gasteiger partial charge in [0, 0.05) is 6.04 Å². The molecule has 0 aromatic heterocycles. The highest BCUT2D eigenvalue weighted by Crippen LogP contribution is 2.16. The third-order valence-electron chi connectivity index (χ3n) is 2.95. The van der Waals surface area contributed by atoms with Crippen LogP contribution in [0, 0.1) is 0 Å². The minimum Gasteiger partial charge on any atom is -0.480 e. The Morgan fingerprint density at radius 2 is 1.94 bits per heavy atom. The zero-order valence-corrected chi connectivity index (χ0v) is 11.2. The molecular formula is C12H24N2O3. The largest absolute Gasteiger partial charge is 0.480 e. The summed E-state index contributed by atoms with van der Waals surface area (Å²) < 4.78 is 0. The minimum atomic E-state index is -1.01. The number of carboxylic acids is 1. The number of hydrogen-bond donors (Lipinski definition) is 2. The molecule has 100 valence electrons. The number of amides is 1. The predicted octanol–water partition coefficient (Wildman–Crippen LogP) is 1.22. The standard InChI is InChI=1S/C12H24N2O3/c1-5-7-12(4,13)11(17)14(8-10(15)16)9(3)6-2/h9H,5-8,13H2,1-4H3,(H,15,16). The van der Waals surface area contributed by atoms with Gasteiger partial charge in [0.2, 0.25) is 5.91 Å². The van der Waals surface area contributed by atoms with Crippen molar-refractivity contribution in [3.05, 3.63) is 0 Å². The smallest absolute Gasteiger partial charge is 0.323 e. The summed E-state index contributed by atoms with van der Waals surface area (Å²) in [5.41, 5.74) is 4.98. The lowest BCUT2D eigenvalue weighted by Crippen LogP contribution is -2.56. The van der Waals surface area contributed by atoms with Gasteiger partial charge in [-0.15, -0.1) is 0 Å². The topological polar surface area (TPSA) is 83.6 Å². The third kappa shape index (κ3) is 4.73. The van der Waals surface area contributed by atoms with E-state index in [-0.39, 0.29) is 18.5 Å². The Hall–Kier alpha value is -1.10. The first-order valence-electron chi connectivity index (χ1n) is 6.08. The van der Waals surface area contributed by atoms with E-state index in [4.69, 9.17) is 10.8 Å². The van der Waals surface area contributed by atoms with Gasteiger partial charge in [-0.05, 0) is 26.7 Å². The van der Waals surface area contributed by atoms with E-state index in [1.54, 1.807) is 6.92 Å². The van der Waals surface area contributed by atoms with Crippen LogP contribution in [0.5, 0.6) is 0 Å². The van der Waals surface area contributed by atoms with Gasteiger partial charge in [0.05, 0.1) is 5.54 Å². The van der Waals surface area contributed by atoms with Gasteiger partial charge in [-0.25, -0.2) is 0 Å². The number of carboxylic acid groups (broad SMARTS) is 1. The van der Waals surface area contributed by atoms with Crippen LogP contribution in [0.25, 0.3) is 0 Å². The van der Waals surface area contributed by atoms with Crippen molar-refractivity contribution in [1.29, 1.82) is 0 Å². The van der Waals surface area contributed by atoms with Gasteiger partial charge in [0.15, 0.2) is 0 Å². The van der Waals surface area contributed by atoms with Gasteiger partial charge in [0.25, 0.3) is 0 Å². The van der Waals surface area contributed by atoms with Crippen molar-refractivity contribution in [1.82, 2.24) is 4.90 Å². The molecule has 0 radical (unpaired) electrons. The third-order valence-corrected chi connectivity index (χ3v) is 2.95. The molecule has 0 aromatic carbocycles. The van der Waals surface area contributed by atoms with Crippen molar-refractivity contribution in [2.75, 3.05) is 6.54 Å². The van der Waals surface area contributed by atoms with Crippen LogP contribution in [0.3, 0.4) is 0 Å². The highest BCUT2D eigenvalue weighted by Gasteiger charge is 2.34. The average Bonchev–Trinajstić information content (AvgIpc) is 2.23. The van der Waals surface area contributed by atoms with Crippen LogP contribution >= 0.6 is 0 Å². The van der Waals surface area contributed by atoms with Gasteiger partial charge >= 0.3 is 5.97 Å². The fourth-order valence-electron chi connectivity index (χ4n) is 1.75. The van der Waals surface area contributed by atoms with Crippen molar-refractivity contribution in [2.24, 2.45) is 5.73 Å². The van der Waals surface area contributed by atoms with Gasteiger partial charge in [-0.2, -0.15) is 0 Å². The lowest BCUT2D eigenvalue weighted by molar-refractivity contribution is -0.148. The number of carbonyl (C=O) groups is 2. The normalized spacial score (nSPS) is 16.1. The van der Waals surface area contributed by atoms with Crippen molar-refractivity contribution in [3.8, 4) is 0 Å². The van der Waals surface area contributed by atoms with Crippen LogP contribution in [0.1, 0.15) is 47.0 Å². The molecule has 0 aliphatic rings. The summed E-state index contributed by atoms with van der Waals surface area (Å²) in [5.74, 6) is -1.29. The summed E-state index contributed by atoms with van der Waals surface area (Å²) in [7, 11) is 0. The summed E-state index contributed by atoms with van der Waals surface area (Å²) >= 11 is 0. The van der Waals surface area contributed by atoms with Crippen molar-refractivity contribution in [3.63, 3.8) is 0 Å². The summed E-state index contributed by atoms with van der Waals surface area (Å²) in [4.78, 5) is 24.4. The van der Waals surface area contributed by atoms with E-state index in [1.807, 2.05) is 20.8 Å². The number of nitrogens with zero attached hydrogens (tertiary/aromatic N) is 1. The molecule has 0 heterocycles. The van der Waals surface area contributed by atoms with E-state index < -0.39 is 11.5 Å². The van der Waals surface area contributed by atoms with Gasteiger partial charge in [-0.3, -0.25) is 9.59 Å². The highest BCUT2D eigenvalue weighted by molar-refractivity contribution is 5.88. The Balaban J connectivity index is 4.91. The molecule has 0 fully saturated rings. The molecule has 0 saturated carbocycles. The van der Waals surface area contributed by atoms with E-state index in [9.17, 15) is 9.59 Å². The van der Waals surface area contributed by atoms with Crippen molar-refractivity contribution in [2.45, 2.75) is 58.5 Å².